The predicted molar refractivity (Wildman–Crippen MR) is 94.7 cm³/mol. The number of carbonyl (C=O) groups excluding carboxylic acids is 2. The van der Waals surface area contributed by atoms with E-state index in [0.717, 1.165) is 23.4 Å². The molecule has 1 aliphatic heterocycles. The highest BCUT2D eigenvalue weighted by Gasteiger charge is 2.41. The number of hydrogen-bond donors (Lipinski definition) is 1. The van der Waals surface area contributed by atoms with E-state index in [-0.39, 0.29) is 41.8 Å². The van der Waals surface area contributed by atoms with E-state index in [9.17, 15) is 9.59 Å². The minimum Gasteiger partial charge on any atom is -0.375 e. The van der Waals surface area contributed by atoms with Crippen molar-refractivity contribution in [2.75, 3.05) is 5.73 Å². The van der Waals surface area contributed by atoms with Crippen molar-refractivity contribution < 1.29 is 9.59 Å². The minimum absolute atomic E-state index is 0. The SMILES string of the molecule is I.Nc1nc2c(s1)CC(N1C(=O)c3ccccc3C1=O)CC2. The molecule has 114 valence electrons. The Kier molecular flexibility index (Phi) is 3.94. The molecule has 4 rings (SSSR count). The number of nitrogens with zero attached hydrogens (tertiary/aromatic N) is 2. The molecule has 5 nitrogen and oxygen atoms in total. The lowest BCUT2D eigenvalue weighted by Crippen LogP contribution is -2.42. The first-order valence-electron chi connectivity index (χ1n) is 6.86. The number of nitrogens with two attached hydrogens (primary N) is 1. The van der Waals surface area contributed by atoms with Gasteiger partial charge in [-0.15, -0.1) is 35.3 Å². The van der Waals surface area contributed by atoms with Crippen molar-refractivity contribution in [3.8, 4) is 0 Å². The number of carbonyl (C=O) groups is 2. The summed E-state index contributed by atoms with van der Waals surface area (Å²) in [5, 5.41) is 0.558. The van der Waals surface area contributed by atoms with Crippen LogP contribution in [-0.2, 0) is 12.8 Å². The number of imide groups is 1. The second-order valence-electron chi connectivity index (χ2n) is 5.34. The van der Waals surface area contributed by atoms with E-state index in [1.54, 1.807) is 24.3 Å². The van der Waals surface area contributed by atoms with E-state index >= 15 is 0 Å². The number of hydrogen-bond acceptors (Lipinski definition) is 5. The highest BCUT2D eigenvalue weighted by atomic mass is 127. The fraction of sp³-hybridized carbons (Fsp3) is 0.267. The molecule has 0 saturated heterocycles. The average molecular weight is 427 g/mol. The van der Waals surface area contributed by atoms with Gasteiger partial charge in [-0.05, 0) is 25.0 Å². The minimum atomic E-state index is -0.179. The molecule has 2 aliphatic rings. The molecule has 2 N–H and O–H groups in total. The van der Waals surface area contributed by atoms with Gasteiger partial charge in [-0.2, -0.15) is 0 Å². The number of benzene rings is 1. The Bertz CT molecular complexity index is 739. The molecule has 22 heavy (non-hydrogen) atoms. The maximum absolute atomic E-state index is 12.5. The van der Waals surface area contributed by atoms with Crippen molar-refractivity contribution >= 4 is 52.3 Å². The second-order valence-corrected chi connectivity index (χ2v) is 6.46. The van der Waals surface area contributed by atoms with Crippen LogP contribution in [0.3, 0.4) is 0 Å². The third-order valence-corrected chi connectivity index (χ3v) is 5.07. The molecule has 1 aromatic carbocycles. The lowest BCUT2D eigenvalue weighted by atomic mass is 9.96. The van der Waals surface area contributed by atoms with Crippen LogP contribution in [0.5, 0.6) is 0 Å². The van der Waals surface area contributed by atoms with Gasteiger partial charge in [0, 0.05) is 17.3 Å². The molecule has 0 saturated carbocycles. The summed E-state index contributed by atoms with van der Waals surface area (Å²) < 4.78 is 0. The van der Waals surface area contributed by atoms with Crippen LogP contribution in [-0.4, -0.2) is 27.7 Å². The molecule has 0 spiro atoms. The Hall–Kier alpha value is -1.48. The zero-order valence-corrected chi connectivity index (χ0v) is 14.8. The quantitative estimate of drug-likeness (QED) is 0.561. The topological polar surface area (TPSA) is 76.3 Å². The number of aryl methyl sites for hydroxylation is 1. The molecule has 0 radical (unpaired) electrons. The number of anilines is 1. The van der Waals surface area contributed by atoms with Crippen LogP contribution < -0.4 is 5.73 Å². The molecule has 1 atom stereocenters. The van der Waals surface area contributed by atoms with E-state index < -0.39 is 0 Å². The van der Waals surface area contributed by atoms with Crippen molar-refractivity contribution in [3.63, 3.8) is 0 Å². The molecule has 2 heterocycles. The normalized spacial score (nSPS) is 19.6. The first-order chi connectivity index (χ1) is 10.1. The summed E-state index contributed by atoms with van der Waals surface area (Å²) in [6.07, 6.45) is 2.18. The third kappa shape index (κ3) is 2.23. The van der Waals surface area contributed by atoms with Crippen molar-refractivity contribution in [1.82, 2.24) is 9.88 Å². The lowest BCUT2D eigenvalue weighted by Gasteiger charge is -2.28. The molecule has 2 amide bonds. The first-order valence-corrected chi connectivity index (χ1v) is 7.68. The Labute approximate surface area is 148 Å². The molecule has 1 aromatic heterocycles. The van der Waals surface area contributed by atoms with E-state index in [0.29, 0.717) is 22.7 Å². The van der Waals surface area contributed by atoms with Gasteiger partial charge >= 0.3 is 0 Å². The fourth-order valence-electron chi connectivity index (χ4n) is 3.14. The summed E-state index contributed by atoms with van der Waals surface area (Å²) in [4.78, 5) is 31.8. The van der Waals surface area contributed by atoms with Gasteiger partial charge in [0.15, 0.2) is 5.13 Å². The highest BCUT2D eigenvalue weighted by molar-refractivity contribution is 14.0. The molecule has 0 fully saturated rings. The maximum atomic E-state index is 12.5. The van der Waals surface area contributed by atoms with Crippen LogP contribution in [0.4, 0.5) is 5.13 Å². The van der Waals surface area contributed by atoms with Gasteiger partial charge in [0.25, 0.3) is 11.8 Å². The molecule has 1 aliphatic carbocycles. The van der Waals surface area contributed by atoms with Gasteiger partial charge in [0.2, 0.25) is 0 Å². The molecular formula is C15H14IN3O2S. The summed E-state index contributed by atoms with van der Waals surface area (Å²) in [5.41, 5.74) is 7.78. The molecular weight excluding hydrogens is 413 g/mol. The fourth-order valence-corrected chi connectivity index (χ4v) is 4.09. The highest BCUT2D eigenvalue weighted by Crippen LogP contribution is 2.33. The summed E-state index contributed by atoms with van der Waals surface area (Å²) >= 11 is 1.46. The maximum Gasteiger partial charge on any atom is 0.261 e. The molecule has 1 unspecified atom stereocenters. The monoisotopic (exact) mass is 427 g/mol. The number of thiazole rings is 1. The van der Waals surface area contributed by atoms with Crippen molar-refractivity contribution in [2.45, 2.75) is 25.3 Å². The van der Waals surface area contributed by atoms with Crippen LogP contribution in [0.1, 0.15) is 37.7 Å². The van der Waals surface area contributed by atoms with Crippen molar-refractivity contribution in [2.24, 2.45) is 0 Å². The average Bonchev–Trinajstić information content (AvgIpc) is 2.97. The zero-order chi connectivity index (χ0) is 14.6. The Morgan fingerprint density at radius 2 is 1.82 bits per heavy atom. The van der Waals surface area contributed by atoms with E-state index in [2.05, 4.69) is 4.98 Å². The van der Waals surface area contributed by atoms with Gasteiger partial charge in [-0.3, -0.25) is 14.5 Å². The van der Waals surface area contributed by atoms with E-state index in [1.807, 2.05) is 0 Å². The summed E-state index contributed by atoms with van der Waals surface area (Å²) in [5.74, 6) is -0.358. The lowest BCUT2D eigenvalue weighted by molar-refractivity contribution is 0.0571. The Balaban J connectivity index is 0.00000144. The Morgan fingerprint density at radius 1 is 1.18 bits per heavy atom. The largest absolute Gasteiger partial charge is 0.375 e. The number of nitrogen functional groups attached to an aromatic ring is 1. The molecule has 7 heteroatoms. The van der Waals surface area contributed by atoms with Crippen LogP contribution in [0, 0.1) is 0 Å². The van der Waals surface area contributed by atoms with Crippen LogP contribution in [0.2, 0.25) is 0 Å². The number of fused-ring (bicyclic) bond motifs is 2. The van der Waals surface area contributed by atoms with E-state index in [1.165, 1.54) is 16.2 Å². The number of rotatable bonds is 1. The first kappa shape index (κ1) is 15.4. The Morgan fingerprint density at radius 3 is 2.45 bits per heavy atom. The summed E-state index contributed by atoms with van der Waals surface area (Å²) in [7, 11) is 0. The predicted octanol–water partition coefficient (Wildman–Crippen LogP) is 2.50. The van der Waals surface area contributed by atoms with Crippen LogP contribution >= 0.6 is 35.3 Å². The number of amides is 2. The standard InChI is InChI=1S/C15H13N3O2S.HI/c16-15-17-11-6-5-8(7-12(11)21-15)18-13(19)9-3-1-2-4-10(9)14(18)20;/h1-4,8H,5-7H2,(H2,16,17);1H. The van der Waals surface area contributed by atoms with Gasteiger partial charge in [-0.1, -0.05) is 12.1 Å². The summed E-state index contributed by atoms with van der Waals surface area (Å²) in [6.45, 7) is 0. The number of aromatic nitrogens is 1. The smallest absolute Gasteiger partial charge is 0.261 e. The van der Waals surface area contributed by atoms with Gasteiger partial charge in [-0.25, -0.2) is 4.98 Å². The molecule has 2 aromatic rings. The summed E-state index contributed by atoms with van der Waals surface area (Å²) in [6, 6.07) is 6.92. The molecule has 0 bridgehead atoms. The third-order valence-electron chi connectivity index (χ3n) is 4.12. The second kappa shape index (κ2) is 5.62. The van der Waals surface area contributed by atoms with Gasteiger partial charge in [0.1, 0.15) is 0 Å². The van der Waals surface area contributed by atoms with Crippen molar-refractivity contribution in [1.29, 1.82) is 0 Å². The van der Waals surface area contributed by atoms with Gasteiger partial charge < -0.3 is 5.73 Å². The van der Waals surface area contributed by atoms with Crippen LogP contribution in [0.15, 0.2) is 24.3 Å². The van der Waals surface area contributed by atoms with E-state index in [4.69, 9.17) is 5.73 Å². The van der Waals surface area contributed by atoms with Crippen LogP contribution in [0.25, 0.3) is 0 Å². The van der Waals surface area contributed by atoms with Gasteiger partial charge in [0.05, 0.1) is 16.8 Å². The zero-order valence-electron chi connectivity index (χ0n) is 11.6. The number of halogens is 1. The van der Waals surface area contributed by atoms with Crippen molar-refractivity contribution in [3.05, 3.63) is 46.0 Å².